The van der Waals surface area contributed by atoms with E-state index in [2.05, 4.69) is 16.9 Å². The molecule has 1 fully saturated rings. The van der Waals surface area contributed by atoms with Gasteiger partial charge >= 0.3 is 11.9 Å². The van der Waals surface area contributed by atoms with Crippen molar-refractivity contribution in [2.45, 2.75) is 40.0 Å². The number of carbonyl (C=O) groups is 4. The number of nitrogens with zero attached hydrogens (tertiary/aromatic N) is 1. The quantitative estimate of drug-likeness (QED) is 0.209. The number of amides is 1. The third kappa shape index (κ3) is 7.52. The zero-order chi connectivity index (χ0) is 28.5. The summed E-state index contributed by atoms with van der Waals surface area (Å²) < 4.78 is 16.1. The molecule has 1 unspecified atom stereocenters. The van der Waals surface area contributed by atoms with Gasteiger partial charge in [0.2, 0.25) is 0 Å². The van der Waals surface area contributed by atoms with Gasteiger partial charge in [-0.15, -0.1) is 0 Å². The maximum atomic E-state index is 13.2. The molecule has 0 aliphatic heterocycles. The lowest BCUT2D eigenvalue weighted by Crippen LogP contribution is -2.27. The zero-order valence-electron chi connectivity index (χ0n) is 23.0. The van der Waals surface area contributed by atoms with Crippen LogP contribution < -0.4 is 10.1 Å². The molecule has 2 atom stereocenters. The van der Waals surface area contributed by atoms with Crippen LogP contribution >= 0.6 is 0 Å². The van der Waals surface area contributed by atoms with Crippen molar-refractivity contribution in [3.05, 3.63) is 53.4 Å². The Morgan fingerprint density at radius 3 is 2.44 bits per heavy atom. The van der Waals surface area contributed by atoms with Crippen LogP contribution in [0.1, 0.15) is 76.9 Å². The van der Waals surface area contributed by atoms with Crippen LogP contribution in [0, 0.1) is 17.8 Å². The number of carbonyl (C=O) groups excluding carboxylic acids is 4. The summed E-state index contributed by atoms with van der Waals surface area (Å²) in [6, 6.07) is 6.25. The molecule has 1 amide bonds. The maximum absolute atomic E-state index is 13.2. The second-order valence-electron chi connectivity index (χ2n) is 9.73. The Labute approximate surface area is 228 Å². The number of rotatable bonds is 14. The van der Waals surface area contributed by atoms with Crippen molar-refractivity contribution >= 4 is 30.2 Å². The number of pyridine rings is 1. The van der Waals surface area contributed by atoms with Crippen molar-refractivity contribution in [1.82, 2.24) is 10.3 Å². The summed E-state index contributed by atoms with van der Waals surface area (Å²) in [5.74, 6) is -0.800. The van der Waals surface area contributed by atoms with Gasteiger partial charge in [0, 0.05) is 23.2 Å². The molecule has 9 heteroatoms. The first-order valence-corrected chi connectivity index (χ1v) is 13.2. The minimum absolute atomic E-state index is 0.0440. The van der Waals surface area contributed by atoms with Gasteiger partial charge in [-0.2, -0.15) is 0 Å². The standard InChI is InChI=1S/C30H36N2O7/c1-6-18(3)19(4)29(35)38-12-13-39-30(36)27-23(10-11-25(32-27)28(34)31-16-20-8-9-20)24-15-26(37-5)21(7-2)14-22(24)17-33/h7,10-11,14-15,17-20H,2,6,8-9,12-13,16H2,1,3-5H3,(H,31,34)/t18?,19-/m0/s1. The Hall–Kier alpha value is -4.01. The van der Waals surface area contributed by atoms with E-state index < -0.39 is 11.9 Å². The molecule has 1 aliphatic carbocycles. The van der Waals surface area contributed by atoms with E-state index in [1.54, 1.807) is 31.2 Å². The number of benzene rings is 1. The predicted octanol–water partition coefficient (Wildman–Crippen LogP) is 4.73. The summed E-state index contributed by atoms with van der Waals surface area (Å²) in [5.41, 5.74) is 1.44. The van der Waals surface area contributed by atoms with Crippen LogP contribution in [0.15, 0.2) is 30.8 Å². The van der Waals surface area contributed by atoms with Crippen LogP contribution in [0.3, 0.4) is 0 Å². The number of aromatic nitrogens is 1. The number of aldehydes is 1. The summed E-state index contributed by atoms with van der Waals surface area (Å²) >= 11 is 0. The Bertz CT molecular complexity index is 1240. The lowest BCUT2D eigenvalue weighted by Gasteiger charge is -2.17. The lowest BCUT2D eigenvalue weighted by molar-refractivity contribution is -0.150. The third-order valence-electron chi connectivity index (χ3n) is 7.04. The van der Waals surface area contributed by atoms with E-state index in [9.17, 15) is 19.2 Å². The molecule has 0 bridgehead atoms. The number of hydrogen-bond donors (Lipinski definition) is 1. The number of nitrogens with one attached hydrogen (secondary N) is 1. The third-order valence-corrected chi connectivity index (χ3v) is 7.04. The number of esters is 2. The Morgan fingerprint density at radius 1 is 1.10 bits per heavy atom. The van der Waals surface area contributed by atoms with E-state index in [-0.39, 0.29) is 53.5 Å². The van der Waals surface area contributed by atoms with Crippen LogP contribution in [0.5, 0.6) is 5.75 Å². The fourth-order valence-electron chi connectivity index (χ4n) is 3.95. The van der Waals surface area contributed by atoms with Gasteiger partial charge in [-0.25, -0.2) is 9.78 Å². The fourth-order valence-corrected chi connectivity index (χ4v) is 3.95. The molecule has 0 radical (unpaired) electrons. The van der Waals surface area contributed by atoms with Gasteiger partial charge in [0.05, 0.1) is 13.0 Å². The Kier molecular flexibility index (Phi) is 10.4. The van der Waals surface area contributed by atoms with E-state index in [4.69, 9.17) is 14.2 Å². The average molecular weight is 537 g/mol. The highest BCUT2D eigenvalue weighted by molar-refractivity contribution is 6.01. The molecule has 0 spiro atoms. The van der Waals surface area contributed by atoms with Crippen LogP contribution in [-0.4, -0.2) is 56.0 Å². The van der Waals surface area contributed by atoms with Crippen molar-refractivity contribution in [2.24, 2.45) is 17.8 Å². The molecular formula is C30H36N2O7. The molecule has 1 aromatic heterocycles. The molecule has 2 aromatic rings. The second kappa shape index (κ2) is 13.7. The molecular weight excluding hydrogens is 500 g/mol. The Morgan fingerprint density at radius 2 is 1.82 bits per heavy atom. The van der Waals surface area contributed by atoms with E-state index in [0.29, 0.717) is 35.6 Å². The van der Waals surface area contributed by atoms with E-state index in [0.717, 1.165) is 19.3 Å². The first kappa shape index (κ1) is 29.5. The number of methoxy groups -OCH3 is 1. The van der Waals surface area contributed by atoms with E-state index in [1.807, 2.05) is 13.8 Å². The van der Waals surface area contributed by atoms with Crippen molar-refractivity contribution in [1.29, 1.82) is 0 Å². The fraction of sp³-hybridized carbons (Fsp3) is 0.433. The maximum Gasteiger partial charge on any atom is 0.357 e. The summed E-state index contributed by atoms with van der Waals surface area (Å²) in [7, 11) is 1.48. The topological polar surface area (TPSA) is 121 Å². The first-order chi connectivity index (χ1) is 18.7. The minimum Gasteiger partial charge on any atom is -0.496 e. The molecule has 9 nitrogen and oxygen atoms in total. The first-order valence-electron chi connectivity index (χ1n) is 13.2. The summed E-state index contributed by atoms with van der Waals surface area (Å²) in [6.45, 7) is 9.73. The predicted molar refractivity (Wildman–Crippen MR) is 147 cm³/mol. The average Bonchev–Trinajstić information content (AvgIpc) is 3.80. The van der Waals surface area contributed by atoms with Crippen LogP contribution in [0.4, 0.5) is 0 Å². The largest absolute Gasteiger partial charge is 0.496 e. The highest BCUT2D eigenvalue weighted by Gasteiger charge is 2.25. The normalized spacial score (nSPS) is 14.1. The molecule has 1 saturated carbocycles. The van der Waals surface area contributed by atoms with Crippen molar-refractivity contribution in [3.8, 4) is 16.9 Å². The summed E-state index contributed by atoms with van der Waals surface area (Å²) in [5, 5.41) is 2.83. The van der Waals surface area contributed by atoms with Crippen LogP contribution in [0.25, 0.3) is 17.2 Å². The van der Waals surface area contributed by atoms with Gasteiger partial charge in [0.25, 0.3) is 5.91 Å². The van der Waals surface area contributed by atoms with Crippen molar-refractivity contribution in [3.63, 3.8) is 0 Å². The van der Waals surface area contributed by atoms with Gasteiger partial charge in [-0.05, 0) is 54.5 Å². The highest BCUT2D eigenvalue weighted by Crippen LogP contribution is 2.33. The van der Waals surface area contributed by atoms with Gasteiger partial charge < -0.3 is 19.5 Å². The molecule has 208 valence electrons. The summed E-state index contributed by atoms with van der Waals surface area (Å²) in [6.07, 6.45) is 5.19. The van der Waals surface area contributed by atoms with Crippen LogP contribution in [-0.2, 0) is 14.3 Å². The molecule has 1 aromatic carbocycles. The number of hydrogen-bond acceptors (Lipinski definition) is 8. The van der Waals surface area contributed by atoms with Crippen molar-refractivity contribution in [2.75, 3.05) is 26.9 Å². The summed E-state index contributed by atoms with van der Waals surface area (Å²) in [4.78, 5) is 54.4. The molecule has 1 aliphatic rings. The molecule has 1 heterocycles. The molecule has 3 rings (SSSR count). The second-order valence-corrected chi connectivity index (χ2v) is 9.73. The van der Waals surface area contributed by atoms with E-state index in [1.165, 1.54) is 13.2 Å². The van der Waals surface area contributed by atoms with Crippen molar-refractivity contribution < 1.29 is 33.4 Å². The number of ether oxygens (including phenoxy) is 3. The van der Waals surface area contributed by atoms with Crippen LogP contribution in [0.2, 0.25) is 0 Å². The zero-order valence-corrected chi connectivity index (χ0v) is 23.0. The minimum atomic E-state index is -0.823. The Balaban J connectivity index is 1.88. The smallest absolute Gasteiger partial charge is 0.357 e. The van der Waals surface area contributed by atoms with Gasteiger partial charge in [-0.1, -0.05) is 39.8 Å². The molecule has 39 heavy (non-hydrogen) atoms. The van der Waals surface area contributed by atoms with E-state index >= 15 is 0 Å². The lowest BCUT2D eigenvalue weighted by atomic mass is 9.94. The van der Waals surface area contributed by atoms with Gasteiger partial charge in [0.15, 0.2) is 12.0 Å². The van der Waals surface area contributed by atoms with Gasteiger partial charge in [-0.3, -0.25) is 14.4 Å². The molecule has 1 N–H and O–H groups in total. The molecule has 0 saturated heterocycles. The van der Waals surface area contributed by atoms with Gasteiger partial charge in [0.1, 0.15) is 24.7 Å². The SMILES string of the molecule is C=Cc1cc(C=O)c(-c2ccc(C(=O)NCC3CC3)nc2C(=O)OCCOC(=O)[C@@H](C)C(C)CC)cc1OC. The monoisotopic (exact) mass is 536 g/mol. The highest BCUT2D eigenvalue weighted by atomic mass is 16.6.